The summed E-state index contributed by atoms with van der Waals surface area (Å²) >= 11 is 0. The number of hydrogen-bond donors (Lipinski definition) is 2. The van der Waals surface area contributed by atoms with Gasteiger partial charge in [-0.1, -0.05) is 23.4 Å². The van der Waals surface area contributed by atoms with Crippen molar-refractivity contribution in [2.24, 2.45) is 4.99 Å². The van der Waals surface area contributed by atoms with Crippen molar-refractivity contribution in [2.45, 2.75) is 46.3 Å². The number of nitrogens with one attached hydrogen (secondary N) is 2. The van der Waals surface area contributed by atoms with Gasteiger partial charge in [-0.2, -0.15) is 4.98 Å². The van der Waals surface area contributed by atoms with E-state index in [-0.39, 0.29) is 29.6 Å². The average Bonchev–Trinajstić information content (AvgIpc) is 2.96. The zero-order valence-corrected chi connectivity index (χ0v) is 18.3. The molecule has 1 heterocycles. The predicted octanol–water partition coefficient (Wildman–Crippen LogP) is 3.08. The third-order valence-corrected chi connectivity index (χ3v) is 3.26. The lowest BCUT2D eigenvalue weighted by atomic mass is 10.1. The summed E-state index contributed by atoms with van der Waals surface area (Å²) in [5.41, 5.74) is 0.839. The van der Waals surface area contributed by atoms with Gasteiger partial charge in [0.2, 0.25) is 5.89 Å². The number of rotatable bonds is 6. The van der Waals surface area contributed by atoms with Crippen LogP contribution in [0.5, 0.6) is 5.75 Å². The summed E-state index contributed by atoms with van der Waals surface area (Å²) < 4.78 is 11.1. The van der Waals surface area contributed by atoms with Gasteiger partial charge in [-0.15, -0.1) is 24.0 Å². The van der Waals surface area contributed by atoms with E-state index in [0.717, 1.165) is 11.3 Å². The summed E-state index contributed by atoms with van der Waals surface area (Å²) in [5.74, 6) is 2.85. The van der Waals surface area contributed by atoms with Crippen molar-refractivity contribution in [3.8, 4) is 5.75 Å². The van der Waals surface area contributed by atoms with E-state index >= 15 is 0 Å². The van der Waals surface area contributed by atoms with Gasteiger partial charge in [0.25, 0.3) is 0 Å². The first-order chi connectivity index (χ1) is 11.9. The number of guanidine groups is 1. The van der Waals surface area contributed by atoms with Crippen LogP contribution in [0.1, 0.15) is 38.0 Å². The Balaban J connectivity index is 0.00000338. The van der Waals surface area contributed by atoms with Crippen LogP contribution in [0.15, 0.2) is 33.8 Å². The maximum atomic E-state index is 6.01. The van der Waals surface area contributed by atoms with E-state index in [1.807, 2.05) is 45.0 Å². The molecule has 0 aliphatic carbocycles. The fraction of sp³-hybridized carbons (Fsp3) is 0.500. The van der Waals surface area contributed by atoms with Crippen LogP contribution < -0.4 is 15.4 Å². The largest absolute Gasteiger partial charge is 0.488 e. The van der Waals surface area contributed by atoms with E-state index in [0.29, 0.717) is 37.2 Å². The molecular formula is C18H28IN5O2. The minimum Gasteiger partial charge on any atom is -0.488 e. The van der Waals surface area contributed by atoms with E-state index in [1.165, 1.54) is 0 Å². The number of benzene rings is 1. The second kappa shape index (κ2) is 10.3. The quantitative estimate of drug-likeness (QED) is 0.381. The molecule has 0 bridgehead atoms. The summed E-state index contributed by atoms with van der Waals surface area (Å²) in [4.78, 5) is 8.41. The Bertz CT molecular complexity index is 710. The van der Waals surface area contributed by atoms with Crippen molar-refractivity contribution in [3.05, 3.63) is 41.5 Å². The Labute approximate surface area is 172 Å². The predicted molar refractivity (Wildman–Crippen MR) is 113 cm³/mol. The van der Waals surface area contributed by atoms with Crippen LogP contribution in [-0.2, 0) is 13.0 Å². The molecule has 0 spiro atoms. The Hall–Kier alpha value is -1.84. The molecule has 0 radical (unpaired) electrons. The highest BCUT2D eigenvalue weighted by atomic mass is 127. The molecule has 0 unspecified atom stereocenters. The summed E-state index contributed by atoms with van der Waals surface area (Å²) in [5, 5.41) is 10.3. The van der Waals surface area contributed by atoms with Crippen molar-refractivity contribution < 1.29 is 9.26 Å². The highest BCUT2D eigenvalue weighted by Gasteiger charge is 2.14. The minimum absolute atomic E-state index is 0. The lowest BCUT2D eigenvalue weighted by Gasteiger charge is -2.23. The lowest BCUT2D eigenvalue weighted by Crippen LogP contribution is -2.38. The molecular weight excluding hydrogens is 445 g/mol. The van der Waals surface area contributed by atoms with Gasteiger partial charge in [-0.25, -0.2) is 0 Å². The Morgan fingerprint density at radius 2 is 1.96 bits per heavy atom. The molecule has 0 aliphatic rings. The van der Waals surface area contributed by atoms with Gasteiger partial charge in [0.15, 0.2) is 11.8 Å². The van der Waals surface area contributed by atoms with Crippen molar-refractivity contribution >= 4 is 29.9 Å². The number of aryl methyl sites for hydroxylation is 1. The number of aromatic nitrogens is 2. The van der Waals surface area contributed by atoms with Gasteiger partial charge >= 0.3 is 0 Å². The molecule has 8 heteroatoms. The molecule has 26 heavy (non-hydrogen) atoms. The van der Waals surface area contributed by atoms with Crippen LogP contribution in [-0.4, -0.2) is 35.3 Å². The second-order valence-corrected chi connectivity index (χ2v) is 6.66. The van der Waals surface area contributed by atoms with E-state index in [9.17, 15) is 0 Å². The number of aliphatic imine (C=N–C) groups is 1. The van der Waals surface area contributed by atoms with Crippen molar-refractivity contribution in [1.82, 2.24) is 20.8 Å². The second-order valence-electron chi connectivity index (χ2n) is 6.66. The van der Waals surface area contributed by atoms with E-state index < -0.39 is 0 Å². The van der Waals surface area contributed by atoms with Crippen LogP contribution in [0.3, 0.4) is 0 Å². The highest BCUT2D eigenvalue weighted by molar-refractivity contribution is 14.0. The maximum Gasteiger partial charge on any atom is 0.228 e. The lowest BCUT2D eigenvalue weighted by molar-refractivity contribution is 0.129. The van der Waals surface area contributed by atoms with Gasteiger partial charge in [-0.05, 0) is 33.8 Å². The monoisotopic (exact) mass is 473 g/mol. The molecule has 0 fully saturated rings. The third-order valence-electron chi connectivity index (χ3n) is 3.26. The van der Waals surface area contributed by atoms with Gasteiger partial charge < -0.3 is 19.9 Å². The topological polar surface area (TPSA) is 84.6 Å². The van der Waals surface area contributed by atoms with Crippen LogP contribution in [0.4, 0.5) is 0 Å². The van der Waals surface area contributed by atoms with Crippen molar-refractivity contribution in [1.29, 1.82) is 0 Å². The van der Waals surface area contributed by atoms with E-state index in [2.05, 4.69) is 25.8 Å². The summed E-state index contributed by atoms with van der Waals surface area (Å²) in [6, 6.07) is 8.00. The molecule has 7 nitrogen and oxygen atoms in total. The molecule has 144 valence electrons. The standard InChI is InChI=1S/C18H27N5O2.HI/c1-13-22-16(25-23-13)10-11-20-17(19-5)21-12-14-8-6-7-9-15(14)24-18(2,3)4;/h6-9H,10-12H2,1-5H3,(H2,19,20,21);1H. The normalized spacial score (nSPS) is 11.7. The molecule has 0 amide bonds. The summed E-state index contributed by atoms with van der Waals surface area (Å²) in [6.45, 7) is 9.19. The van der Waals surface area contributed by atoms with Gasteiger partial charge in [0, 0.05) is 32.1 Å². The zero-order valence-electron chi connectivity index (χ0n) is 16.0. The number of nitrogens with zero attached hydrogens (tertiary/aromatic N) is 3. The first-order valence-electron chi connectivity index (χ1n) is 8.38. The Morgan fingerprint density at radius 1 is 1.23 bits per heavy atom. The van der Waals surface area contributed by atoms with Crippen LogP contribution in [0, 0.1) is 6.92 Å². The van der Waals surface area contributed by atoms with Crippen molar-refractivity contribution in [2.75, 3.05) is 13.6 Å². The van der Waals surface area contributed by atoms with Gasteiger partial charge in [-0.3, -0.25) is 4.99 Å². The van der Waals surface area contributed by atoms with E-state index in [1.54, 1.807) is 14.0 Å². The number of halogens is 1. The van der Waals surface area contributed by atoms with E-state index in [4.69, 9.17) is 9.26 Å². The number of para-hydroxylation sites is 1. The number of ether oxygens (including phenoxy) is 1. The fourth-order valence-corrected chi connectivity index (χ4v) is 2.21. The molecule has 1 aromatic heterocycles. The van der Waals surface area contributed by atoms with Crippen molar-refractivity contribution in [3.63, 3.8) is 0 Å². The maximum absolute atomic E-state index is 6.01. The Morgan fingerprint density at radius 3 is 2.58 bits per heavy atom. The third kappa shape index (κ3) is 7.59. The van der Waals surface area contributed by atoms with Crippen LogP contribution in [0.25, 0.3) is 0 Å². The zero-order chi connectivity index (χ0) is 18.3. The van der Waals surface area contributed by atoms with Gasteiger partial charge in [0.1, 0.15) is 11.4 Å². The molecule has 2 aromatic rings. The fourth-order valence-electron chi connectivity index (χ4n) is 2.21. The van der Waals surface area contributed by atoms with Gasteiger partial charge in [0.05, 0.1) is 0 Å². The smallest absolute Gasteiger partial charge is 0.228 e. The highest BCUT2D eigenvalue weighted by Crippen LogP contribution is 2.22. The first kappa shape index (κ1) is 22.2. The first-order valence-corrected chi connectivity index (χ1v) is 8.38. The minimum atomic E-state index is -0.238. The molecule has 0 saturated carbocycles. The Kier molecular flexibility index (Phi) is 8.83. The molecule has 1 aromatic carbocycles. The van der Waals surface area contributed by atoms with Crippen LogP contribution >= 0.6 is 24.0 Å². The SMILES string of the molecule is CN=C(NCCc1nc(C)no1)NCc1ccccc1OC(C)(C)C.I. The average molecular weight is 473 g/mol. The summed E-state index contributed by atoms with van der Waals surface area (Å²) in [7, 11) is 1.74. The molecule has 2 rings (SSSR count). The molecule has 0 saturated heterocycles. The molecule has 0 aliphatic heterocycles. The number of hydrogen-bond acceptors (Lipinski definition) is 5. The molecule has 0 atom stereocenters. The van der Waals surface area contributed by atoms with Crippen LogP contribution in [0.2, 0.25) is 0 Å². The summed E-state index contributed by atoms with van der Waals surface area (Å²) in [6.07, 6.45) is 0.644. The molecule has 2 N–H and O–H groups in total.